The molecule has 3 rings (SSSR count). The number of aliphatic hydroxyl groups is 2. The summed E-state index contributed by atoms with van der Waals surface area (Å²) < 4.78 is 15.5. The Kier molecular flexibility index (Phi) is 8.61. The lowest BCUT2D eigenvalue weighted by molar-refractivity contribution is -0.204. The highest BCUT2D eigenvalue weighted by molar-refractivity contribution is 5.88. The molecule has 0 radical (unpaired) electrons. The van der Waals surface area contributed by atoms with Crippen molar-refractivity contribution in [3.8, 4) is 23.0 Å². The van der Waals surface area contributed by atoms with E-state index in [1.165, 1.54) is 55.7 Å². The van der Waals surface area contributed by atoms with Crippen LogP contribution < -0.4 is 4.74 Å². The number of hydrogen-bond acceptors (Lipinski definition) is 11. The number of rotatable bonds is 8. The standard InChI is InChI=1S/C26H26O12/c1-36-20-11-15(3-7-17(20)28)5-9-23(32)38-24-19(30)12-26(35,25(33)34)13-21(24)37-22(31)8-4-14-2-6-16(27)18(29)10-14/h2-11,19,21,24,27-30,35H,12-13H2,1H3,(H,33,34)/b8-4+,9-5+/t19?,21-,24?,26?/m0/s1. The van der Waals surface area contributed by atoms with Crippen LogP contribution in [0.1, 0.15) is 24.0 Å². The molecule has 0 aromatic heterocycles. The third kappa shape index (κ3) is 6.81. The third-order valence-electron chi connectivity index (χ3n) is 5.78. The van der Waals surface area contributed by atoms with Crippen LogP contribution >= 0.6 is 0 Å². The third-order valence-corrected chi connectivity index (χ3v) is 5.78. The molecule has 0 spiro atoms. The highest BCUT2D eigenvalue weighted by Crippen LogP contribution is 2.33. The zero-order valence-electron chi connectivity index (χ0n) is 20.1. The Morgan fingerprint density at radius 3 is 2.03 bits per heavy atom. The summed E-state index contributed by atoms with van der Waals surface area (Å²) in [5.74, 6) is -4.36. The molecule has 1 aliphatic carbocycles. The first-order valence-electron chi connectivity index (χ1n) is 11.2. The van der Waals surface area contributed by atoms with E-state index in [9.17, 15) is 45.0 Å². The van der Waals surface area contributed by atoms with Gasteiger partial charge in [-0.2, -0.15) is 0 Å². The van der Waals surface area contributed by atoms with Gasteiger partial charge in [-0.15, -0.1) is 0 Å². The van der Waals surface area contributed by atoms with Crippen LogP contribution in [0.5, 0.6) is 23.0 Å². The average molecular weight is 530 g/mol. The summed E-state index contributed by atoms with van der Waals surface area (Å²) >= 11 is 0. The van der Waals surface area contributed by atoms with Crippen molar-refractivity contribution in [2.24, 2.45) is 0 Å². The van der Waals surface area contributed by atoms with Crippen molar-refractivity contribution in [2.75, 3.05) is 7.11 Å². The second kappa shape index (κ2) is 11.7. The van der Waals surface area contributed by atoms with Crippen LogP contribution in [0.3, 0.4) is 0 Å². The number of aliphatic carboxylic acids is 1. The van der Waals surface area contributed by atoms with Gasteiger partial charge in [0, 0.05) is 25.0 Å². The number of benzene rings is 2. The van der Waals surface area contributed by atoms with Crippen LogP contribution in [0.4, 0.5) is 0 Å². The van der Waals surface area contributed by atoms with Gasteiger partial charge in [0.15, 0.2) is 34.7 Å². The lowest BCUT2D eigenvalue weighted by atomic mass is 9.79. The maximum Gasteiger partial charge on any atom is 0.335 e. The topological polar surface area (TPSA) is 200 Å². The summed E-state index contributed by atoms with van der Waals surface area (Å²) in [6.07, 6.45) is -1.56. The van der Waals surface area contributed by atoms with E-state index in [-0.39, 0.29) is 17.2 Å². The van der Waals surface area contributed by atoms with E-state index in [0.717, 1.165) is 12.2 Å². The predicted molar refractivity (Wildman–Crippen MR) is 130 cm³/mol. The molecule has 4 atom stereocenters. The van der Waals surface area contributed by atoms with Crippen molar-refractivity contribution in [3.63, 3.8) is 0 Å². The number of esters is 2. The van der Waals surface area contributed by atoms with Crippen molar-refractivity contribution in [1.82, 2.24) is 0 Å². The molecule has 0 heterocycles. The van der Waals surface area contributed by atoms with Gasteiger partial charge >= 0.3 is 17.9 Å². The maximum atomic E-state index is 12.5. The van der Waals surface area contributed by atoms with Crippen molar-refractivity contribution >= 4 is 30.1 Å². The van der Waals surface area contributed by atoms with Crippen molar-refractivity contribution < 1.29 is 59.2 Å². The molecule has 2 aromatic rings. The van der Waals surface area contributed by atoms with Gasteiger partial charge in [0.2, 0.25) is 0 Å². The lowest BCUT2D eigenvalue weighted by Crippen LogP contribution is -2.58. The van der Waals surface area contributed by atoms with Crippen LogP contribution in [0, 0.1) is 0 Å². The Bertz CT molecular complexity index is 1270. The Hall–Kier alpha value is -4.55. The average Bonchev–Trinajstić information content (AvgIpc) is 2.86. The molecule has 2 aromatic carbocycles. The molecule has 1 aliphatic rings. The fraction of sp³-hybridized carbons (Fsp3) is 0.269. The number of hydrogen-bond donors (Lipinski definition) is 6. The zero-order valence-corrected chi connectivity index (χ0v) is 20.1. The van der Waals surface area contributed by atoms with Gasteiger partial charge in [0.1, 0.15) is 6.10 Å². The largest absolute Gasteiger partial charge is 0.504 e. The second-order valence-electron chi connectivity index (χ2n) is 8.54. The second-order valence-corrected chi connectivity index (χ2v) is 8.54. The molecule has 12 nitrogen and oxygen atoms in total. The van der Waals surface area contributed by atoms with E-state index >= 15 is 0 Å². The number of carboxylic acids is 1. The molecule has 0 saturated heterocycles. The van der Waals surface area contributed by atoms with Crippen LogP contribution in [-0.2, 0) is 23.9 Å². The number of carbonyl (C=O) groups excluding carboxylic acids is 2. The van der Waals surface area contributed by atoms with E-state index in [1.807, 2.05) is 0 Å². The highest BCUT2D eigenvalue weighted by Gasteiger charge is 2.52. The minimum absolute atomic E-state index is 0.107. The summed E-state index contributed by atoms with van der Waals surface area (Å²) in [5.41, 5.74) is -1.66. The van der Waals surface area contributed by atoms with Crippen molar-refractivity contribution in [1.29, 1.82) is 0 Å². The van der Waals surface area contributed by atoms with Crippen LogP contribution in [0.15, 0.2) is 48.6 Å². The minimum atomic E-state index is -2.45. The summed E-state index contributed by atoms with van der Waals surface area (Å²) in [6.45, 7) is 0. The smallest absolute Gasteiger partial charge is 0.335 e. The molecule has 1 saturated carbocycles. The number of methoxy groups -OCH3 is 1. The maximum absolute atomic E-state index is 12.5. The minimum Gasteiger partial charge on any atom is -0.504 e. The predicted octanol–water partition coefficient (Wildman–Crippen LogP) is 1.33. The summed E-state index contributed by atoms with van der Waals surface area (Å²) in [6, 6.07) is 8.06. The fourth-order valence-electron chi connectivity index (χ4n) is 3.81. The first-order valence-corrected chi connectivity index (χ1v) is 11.2. The Balaban J connectivity index is 1.75. The zero-order chi connectivity index (χ0) is 28.0. The monoisotopic (exact) mass is 530 g/mol. The summed E-state index contributed by atoms with van der Waals surface area (Å²) in [7, 11) is 1.35. The molecule has 1 fully saturated rings. The fourth-order valence-corrected chi connectivity index (χ4v) is 3.81. The van der Waals surface area contributed by atoms with Gasteiger partial charge in [-0.05, 0) is 47.5 Å². The van der Waals surface area contributed by atoms with Gasteiger partial charge < -0.3 is 44.8 Å². The number of phenols is 3. The summed E-state index contributed by atoms with van der Waals surface area (Å²) in [5, 5.41) is 58.9. The number of ether oxygens (including phenoxy) is 3. The van der Waals surface area contributed by atoms with E-state index in [4.69, 9.17) is 14.2 Å². The SMILES string of the molecule is COc1cc(/C=C/C(=O)OC2C(O)CC(O)(C(=O)O)C[C@@H]2OC(=O)/C=C/c2ccc(O)c(O)c2)ccc1O. The highest BCUT2D eigenvalue weighted by atomic mass is 16.6. The van der Waals surface area contributed by atoms with Crippen molar-refractivity contribution in [3.05, 3.63) is 59.7 Å². The molecule has 38 heavy (non-hydrogen) atoms. The van der Waals surface area contributed by atoms with Gasteiger partial charge in [-0.25, -0.2) is 14.4 Å². The van der Waals surface area contributed by atoms with Crippen LogP contribution in [0.2, 0.25) is 0 Å². The molecule has 202 valence electrons. The number of carboxylic acid groups (broad SMARTS) is 1. The molecule has 6 N–H and O–H groups in total. The van der Waals surface area contributed by atoms with Gasteiger partial charge in [0.25, 0.3) is 0 Å². The van der Waals surface area contributed by atoms with E-state index in [2.05, 4.69) is 0 Å². The Morgan fingerprint density at radius 2 is 1.45 bits per heavy atom. The van der Waals surface area contributed by atoms with Gasteiger partial charge in [0.05, 0.1) is 13.2 Å². The number of aromatic hydroxyl groups is 3. The Labute approximate surface area is 216 Å². The molecular weight excluding hydrogens is 504 g/mol. The van der Waals surface area contributed by atoms with Crippen molar-refractivity contribution in [2.45, 2.75) is 36.8 Å². The van der Waals surface area contributed by atoms with E-state index < -0.39 is 60.4 Å². The molecule has 0 bridgehead atoms. The first kappa shape index (κ1) is 28.0. The van der Waals surface area contributed by atoms with E-state index in [0.29, 0.717) is 11.1 Å². The quantitative estimate of drug-likeness (QED) is 0.163. The van der Waals surface area contributed by atoms with Gasteiger partial charge in [-0.3, -0.25) is 0 Å². The number of carbonyl (C=O) groups is 3. The molecule has 0 amide bonds. The number of aliphatic hydroxyl groups excluding tert-OH is 1. The molecular formula is C26H26O12. The van der Waals surface area contributed by atoms with Crippen LogP contribution in [0.25, 0.3) is 12.2 Å². The molecule has 3 unspecified atom stereocenters. The first-order chi connectivity index (χ1) is 17.9. The lowest BCUT2D eigenvalue weighted by Gasteiger charge is -2.40. The molecule has 12 heteroatoms. The Morgan fingerprint density at radius 1 is 0.868 bits per heavy atom. The van der Waals surface area contributed by atoms with Crippen LogP contribution in [-0.4, -0.2) is 79.6 Å². The normalized spacial score (nSPS) is 23.3. The summed E-state index contributed by atoms with van der Waals surface area (Å²) in [4.78, 5) is 36.5. The number of phenolic OH excluding ortho intramolecular Hbond substituents is 3. The molecule has 0 aliphatic heterocycles. The van der Waals surface area contributed by atoms with E-state index in [1.54, 1.807) is 0 Å². The van der Waals surface area contributed by atoms with Gasteiger partial charge in [-0.1, -0.05) is 12.1 Å².